The average Bonchev–Trinajstić information content (AvgIpc) is 3.12. The molecule has 0 spiro atoms. The lowest BCUT2D eigenvalue weighted by molar-refractivity contribution is -0.117. The number of para-hydroxylation sites is 1. The molecule has 0 aliphatic carbocycles. The molecule has 2 aliphatic rings. The molecule has 28 heavy (non-hydrogen) atoms. The van der Waals surface area contributed by atoms with Crippen molar-refractivity contribution in [2.45, 2.75) is 30.4 Å². The van der Waals surface area contributed by atoms with E-state index < -0.39 is 10.0 Å². The van der Waals surface area contributed by atoms with Crippen LogP contribution in [-0.4, -0.2) is 32.6 Å². The molecule has 0 N–H and O–H groups in total. The predicted octanol–water partition coefficient (Wildman–Crippen LogP) is 3.63. The number of rotatable bonds is 4. The number of carbonyl (C=O) groups excluding carboxylic acids is 1. The first-order chi connectivity index (χ1) is 13.5. The number of fused-ring (bicyclic) bond motifs is 1. The van der Waals surface area contributed by atoms with E-state index in [0.717, 1.165) is 24.2 Å². The third kappa shape index (κ3) is 3.54. The van der Waals surface area contributed by atoms with E-state index in [9.17, 15) is 13.2 Å². The molecular weight excluding hydrogens is 394 g/mol. The summed E-state index contributed by atoms with van der Waals surface area (Å²) in [5.41, 5.74) is 2.64. The average molecular weight is 416 g/mol. The number of hydrogen-bond acceptors (Lipinski definition) is 5. The van der Waals surface area contributed by atoms with E-state index >= 15 is 0 Å². The molecule has 1 fully saturated rings. The number of nitrogens with zero attached hydrogens (tertiary/aromatic N) is 3. The number of thioether (sulfide) groups is 1. The molecule has 4 rings (SSSR count). The summed E-state index contributed by atoms with van der Waals surface area (Å²) in [4.78, 5) is 15.9. The van der Waals surface area contributed by atoms with Gasteiger partial charge in [0.25, 0.3) is 10.0 Å². The monoisotopic (exact) mass is 415 g/mol. The van der Waals surface area contributed by atoms with E-state index in [-0.39, 0.29) is 10.8 Å². The van der Waals surface area contributed by atoms with Gasteiger partial charge in [0.2, 0.25) is 5.91 Å². The van der Waals surface area contributed by atoms with Crippen LogP contribution < -0.4 is 9.80 Å². The molecule has 6 nitrogen and oxygen atoms in total. The molecule has 0 atom stereocenters. The van der Waals surface area contributed by atoms with Crippen molar-refractivity contribution in [3.63, 3.8) is 0 Å². The maximum absolute atomic E-state index is 12.5. The van der Waals surface area contributed by atoms with Gasteiger partial charge in [-0.1, -0.05) is 36.0 Å². The van der Waals surface area contributed by atoms with Gasteiger partial charge in [0.15, 0.2) is 5.17 Å². The number of sulfonamides is 1. The van der Waals surface area contributed by atoms with Gasteiger partial charge >= 0.3 is 0 Å². The van der Waals surface area contributed by atoms with Crippen LogP contribution in [0, 0.1) is 0 Å². The zero-order chi connectivity index (χ0) is 19.7. The maximum Gasteiger partial charge on any atom is 0.286 e. The number of anilines is 2. The predicted molar refractivity (Wildman–Crippen MR) is 113 cm³/mol. The van der Waals surface area contributed by atoms with Crippen molar-refractivity contribution in [3.05, 3.63) is 54.1 Å². The number of hydrogen-bond donors (Lipinski definition) is 0. The Morgan fingerprint density at radius 1 is 1.11 bits per heavy atom. The number of amidine groups is 1. The van der Waals surface area contributed by atoms with Gasteiger partial charge in [-0.2, -0.15) is 8.42 Å². The minimum absolute atomic E-state index is 0.168. The van der Waals surface area contributed by atoms with Gasteiger partial charge in [-0.3, -0.25) is 4.79 Å². The highest BCUT2D eigenvalue weighted by molar-refractivity contribution is 8.14. The number of carbonyl (C=O) groups is 1. The normalized spacial score (nSPS) is 18.2. The highest BCUT2D eigenvalue weighted by Gasteiger charge is 2.30. The summed E-state index contributed by atoms with van der Waals surface area (Å²) >= 11 is 1.40. The molecule has 2 heterocycles. The van der Waals surface area contributed by atoms with Crippen LogP contribution in [-0.2, 0) is 20.6 Å². The van der Waals surface area contributed by atoms with E-state index in [2.05, 4.69) is 4.40 Å². The molecule has 0 saturated carbocycles. The largest absolute Gasteiger partial charge is 0.319 e. The molecule has 0 aromatic heterocycles. The highest BCUT2D eigenvalue weighted by atomic mass is 32.2. The standard InChI is InChI=1S/C20H21N3O3S2/c1-2-22-17-6-3-4-7-18(17)28(25,26)21-20(22)27-14-15-9-11-16(12-10-15)23-13-5-8-19(23)24/h3-4,6-7,9-12H,2,5,8,13-14H2,1H3. The molecule has 0 unspecified atom stereocenters. The van der Waals surface area contributed by atoms with E-state index in [1.54, 1.807) is 12.1 Å². The van der Waals surface area contributed by atoms with Crippen LogP contribution in [0.25, 0.3) is 0 Å². The van der Waals surface area contributed by atoms with Gasteiger partial charge in [-0.05, 0) is 43.2 Å². The number of benzene rings is 2. The molecule has 8 heteroatoms. The fourth-order valence-electron chi connectivity index (χ4n) is 3.45. The van der Waals surface area contributed by atoms with E-state index in [1.165, 1.54) is 11.8 Å². The van der Waals surface area contributed by atoms with Crippen molar-refractivity contribution in [1.82, 2.24) is 0 Å². The SMILES string of the molecule is CCN1C(SCc2ccc(N3CCCC3=O)cc2)=NS(=O)(=O)c2ccccc21. The van der Waals surface area contributed by atoms with Gasteiger partial charge in [-0.15, -0.1) is 4.40 Å². The second kappa shape index (κ2) is 7.60. The van der Waals surface area contributed by atoms with Crippen LogP contribution in [0.1, 0.15) is 25.3 Å². The third-order valence-corrected chi connectivity index (χ3v) is 7.35. The first kappa shape index (κ1) is 19.0. The zero-order valence-electron chi connectivity index (χ0n) is 15.5. The number of amides is 1. The lowest BCUT2D eigenvalue weighted by atomic mass is 10.2. The molecule has 146 valence electrons. The highest BCUT2D eigenvalue weighted by Crippen LogP contribution is 2.34. The summed E-state index contributed by atoms with van der Waals surface area (Å²) in [6.45, 7) is 3.38. The second-order valence-electron chi connectivity index (χ2n) is 6.66. The topological polar surface area (TPSA) is 70.0 Å². The summed E-state index contributed by atoms with van der Waals surface area (Å²) in [5, 5.41) is 0.486. The van der Waals surface area contributed by atoms with E-state index in [0.29, 0.717) is 29.6 Å². The van der Waals surface area contributed by atoms with Crippen LogP contribution in [0.15, 0.2) is 57.8 Å². The van der Waals surface area contributed by atoms with Gasteiger partial charge < -0.3 is 9.80 Å². The first-order valence-corrected chi connectivity index (χ1v) is 11.7. The summed E-state index contributed by atoms with van der Waals surface area (Å²) in [7, 11) is -3.68. The van der Waals surface area contributed by atoms with E-state index in [4.69, 9.17) is 0 Å². The van der Waals surface area contributed by atoms with Gasteiger partial charge in [0.1, 0.15) is 4.90 Å². The molecule has 0 bridgehead atoms. The Kier molecular flexibility index (Phi) is 5.16. The molecule has 0 radical (unpaired) electrons. The Bertz CT molecular complexity index is 1030. The van der Waals surface area contributed by atoms with Crippen LogP contribution in [0.4, 0.5) is 11.4 Å². The zero-order valence-corrected chi connectivity index (χ0v) is 17.2. The molecule has 1 amide bonds. The lowest BCUT2D eigenvalue weighted by Gasteiger charge is -2.29. The Balaban J connectivity index is 1.51. The van der Waals surface area contributed by atoms with Crippen molar-refractivity contribution in [2.24, 2.45) is 4.40 Å². The van der Waals surface area contributed by atoms with Gasteiger partial charge in [0.05, 0.1) is 5.69 Å². The third-order valence-electron chi connectivity index (χ3n) is 4.87. The summed E-state index contributed by atoms with van der Waals surface area (Å²) in [6.07, 6.45) is 1.51. The summed E-state index contributed by atoms with van der Waals surface area (Å²) < 4.78 is 29.1. The lowest BCUT2D eigenvalue weighted by Crippen LogP contribution is -2.33. The minimum atomic E-state index is -3.68. The summed E-state index contributed by atoms with van der Waals surface area (Å²) in [5.74, 6) is 0.766. The van der Waals surface area contributed by atoms with Crippen molar-refractivity contribution in [3.8, 4) is 0 Å². The Labute approximate surface area is 169 Å². The van der Waals surface area contributed by atoms with Crippen molar-refractivity contribution in [1.29, 1.82) is 0 Å². The van der Waals surface area contributed by atoms with Crippen molar-refractivity contribution in [2.75, 3.05) is 22.9 Å². The van der Waals surface area contributed by atoms with Crippen LogP contribution in [0.3, 0.4) is 0 Å². The Morgan fingerprint density at radius 2 is 1.86 bits per heavy atom. The van der Waals surface area contributed by atoms with Crippen molar-refractivity contribution < 1.29 is 13.2 Å². The van der Waals surface area contributed by atoms with E-state index in [1.807, 2.05) is 53.1 Å². The van der Waals surface area contributed by atoms with Gasteiger partial charge in [0, 0.05) is 31.0 Å². The van der Waals surface area contributed by atoms with Gasteiger partial charge in [-0.25, -0.2) is 0 Å². The molecular formula is C20H21N3O3S2. The van der Waals surface area contributed by atoms with Crippen LogP contribution in [0.5, 0.6) is 0 Å². The summed E-state index contributed by atoms with van der Waals surface area (Å²) in [6, 6.07) is 14.8. The molecule has 1 saturated heterocycles. The Hall–Kier alpha value is -2.32. The molecule has 2 aromatic carbocycles. The quantitative estimate of drug-likeness (QED) is 0.763. The molecule has 2 aliphatic heterocycles. The fraction of sp³-hybridized carbons (Fsp3) is 0.300. The smallest absolute Gasteiger partial charge is 0.286 e. The van der Waals surface area contributed by atoms with Crippen molar-refractivity contribution >= 4 is 44.2 Å². The Morgan fingerprint density at radius 3 is 2.54 bits per heavy atom. The maximum atomic E-state index is 12.5. The second-order valence-corrected chi connectivity index (χ2v) is 9.18. The van der Waals surface area contributed by atoms with Crippen LogP contribution in [0.2, 0.25) is 0 Å². The minimum Gasteiger partial charge on any atom is -0.319 e. The fourth-order valence-corrected chi connectivity index (χ4v) is 5.93. The molecule has 2 aromatic rings. The van der Waals surface area contributed by atoms with Crippen LogP contribution >= 0.6 is 11.8 Å². The first-order valence-electron chi connectivity index (χ1n) is 9.23.